The molecule has 1 saturated carbocycles. The van der Waals surface area contributed by atoms with Crippen molar-refractivity contribution in [2.45, 2.75) is 39.7 Å². The molecule has 13 heavy (non-hydrogen) atoms. The maximum Gasteiger partial charge on any atom is 0.333 e. The fourth-order valence-corrected chi connectivity index (χ4v) is 1.87. The smallest absolute Gasteiger partial charge is 0.333 e. The van der Waals surface area contributed by atoms with Crippen molar-refractivity contribution in [3.05, 3.63) is 12.2 Å². The highest BCUT2D eigenvalue weighted by Gasteiger charge is 2.33. The molecular weight excluding hydrogens is 164 g/mol. The van der Waals surface area contributed by atoms with Crippen LogP contribution in [0.5, 0.6) is 0 Å². The number of hydrogen-bond donors (Lipinski definition) is 0. The minimum atomic E-state index is -0.245. The van der Waals surface area contributed by atoms with E-state index >= 15 is 0 Å². The molecule has 0 aromatic heterocycles. The molecule has 1 aliphatic carbocycles. The van der Waals surface area contributed by atoms with Gasteiger partial charge >= 0.3 is 5.97 Å². The Kier molecular flexibility index (Phi) is 3.12. The molecule has 2 heteroatoms. The van der Waals surface area contributed by atoms with E-state index in [1.807, 2.05) is 0 Å². The van der Waals surface area contributed by atoms with E-state index < -0.39 is 0 Å². The fourth-order valence-electron chi connectivity index (χ4n) is 1.87. The van der Waals surface area contributed by atoms with E-state index in [1.54, 1.807) is 6.92 Å². The van der Waals surface area contributed by atoms with Crippen LogP contribution in [0.4, 0.5) is 0 Å². The number of carbonyl (C=O) groups excluding carboxylic acids is 1. The minimum absolute atomic E-state index is 0.101. The Morgan fingerprint density at radius 2 is 1.77 bits per heavy atom. The van der Waals surface area contributed by atoms with E-state index in [1.165, 1.54) is 0 Å². The third kappa shape index (κ3) is 2.33. The van der Waals surface area contributed by atoms with Gasteiger partial charge in [0.25, 0.3) is 0 Å². The van der Waals surface area contributed by atoms with Crippen LogP contribution in [0.2, 0.25) is 0 Å². The first-order valence-electron chi connectivity index (χ1n) is 4.89. The fraction of sp³-hybridized carbons (Fsp3) is 0.727. The lowest BCUT2D eigenvalue weighted by Crippen LogP contribution is -2.25. The zero-order valence-electron chi connectivity index (χ0n) is 8.67. The Morgan fingerprint density at radius 3 is 2.15 bits per heavy atom. The third-order valence-electron chi connectivity index (χ3n) is 2.79. The molecule has 0 aromatic rings. The molecule has 1 rings (SSSR count). The largest absolute Gasteiger partial charge is 0.458 e. The molecule has 0 bridgehead atoms. The molecule has 2 nitrogen and oxygen atoms in total. The zero-order valence-corrected chi connectivity index (χ0v) is 8.67. The molecule has 0 amide bonds. The van der Waals surface area contributed by atoms with Gasteiger partial charge in [-0.05, 0) is 31.6 Å². The van der Waals surface area contributed by atoms with E-state index in [2.05, 4.69) is 20.4 Å². The lowest BCUT2D eigenvalue weighted by Gasteiger charge is -2.20. The summed E-state index contributed by atoms with van der Waals surface area (Å²) in [5, 5.41) is 0. The molecule has 2 unspecified atom stereocenters. The molecule has 0 saturated heterocycles. The molecule has 74 valence electrons. The summed E-state index contributed by atoms with van der Waals surface area (Å²) < 4.78 is 5.36. The lowest BCUT2D eigenvalue weighted by molar-refractivity contribution is -0.147. The van der Waals surface area contributed by atoms with Gasteiger partial charge in [-0.3, -0.25) is 0 Å². The van der Waals surface area contributed by atoms with Gasteiger partial charge in [-0.25, -0.2) is 4.79 Å². The highest BCUT2D eigenvalue weighted by molar-refractivity contribution is 5.87. The molecule has 0 N–H and O–H groups in total. The van der Waals surface area contributed by atoms with Crippen molar-refractivity contribution in [3.8, 4) is 0 Å². The first kappa shape index (κ1) is 10.3. The van der Waals surface area contributed by atoms with Crippen LogP contribution in [0, 0.1) is 11.8 Å². The molecular formula is C11H18O2. The molecule has 0 aliphatic heterocycles. The van der Waals surface area contributed by atoms with Gasteiger partial charge in [0.05, 0.1) is 0 Å². The van der Waals surface area contributed by atoms with Gasteiger partial charge in [0.1, 0.15) is 6.10 Å². The Labute approximate surface area is 80.0 Å². The zero-order chi connectivity index (χ0) is 10.0. The summed E-state index contributed by atoms with van der Waals surface area (Å²) in [7, 11) is 0. The molecule has 2 atom stereocenters. The summed E-state index contributed by atoms with van der Waals surface area (Å²) in [4.78, 5) is 11.3. The van der Waals surface area contributed by atoms with Crippen molar-refractivity contribution in [1.29, 1.82) is 0 Å². The van der Waals surface area contributed by atoms with Gasteiger partial charge in [0.2, 0.25) is 0 Å². The van der Waals surface area contributed by atoms with Crippen LogP contribution < -0.4 is 0 Å². The normalized spacial score (nSPS) is 33.0. The van der Waals surface area contributed by atoms with Crippen LogP contribution in [0.15, 0.2) is 12.2 Å². The van der Waals surface area contributed by atoms with Crippen LogP contribution in [-0.2, 0) is 9.53 Å². The first-order valence-corrected chi connectivity index (χ1v) is 4.89. The van der Waals surface area contributed by atoms with E-state index in [-0.39, 0.29) is 12.1 Å². The van der Waals surface area contributed by atoms with Gasteiger partial charge in [0.15, 0.2) is 0 Å². The van der Waals surface area contributed by atoms with Crippen molar-refractivity contribution >= 4 is 5.97 Å². The Balaban J connectivity index is 2.52. The quantitative estimate of drug-likeness (QED) is 0.484. The summed E-state index contributed by atoms with van der Waals surface area (Å²) in [6, 6.07) is 0. The maximum absolute atomic E-state index is 11.3. The van der Waals surface area contributed by atoms with E-state index in [0.29, 0.717) is 17.4 Å². The van der Waals surface area contributed by atoms with Gasteiger partial charge in [0, 0.05) is 5.57 Å². The predicted molar refractivity (Wildman–Crippen MR) is 52.3 cm³/mol. The second-order valence-corrected chi connectivity index (χ2v) is 4.18. The molecule has 0 heterocycles. The molecule has 1 fully saturated rings. The Morgan fingerprint density at radius 1 is 1.31 bits per heavy atom. The Hall–Kier alpha value is -0.790. The highest BCUT2D eigenvalue weighted by atomic mass is 16.5. The van der Waals surface area contributed by atoms with Crippen molar-refractivity contribution in [2.75, 3.05) is 0 Å². The van der Waals surface area contributed by atoms with Gasteiger partial charge in [-0.2, -0.15) is 0 Å². The number of esters is 1. The van der Waals surface area contributed by atoms with E-state index in [0.717, 1.165) is 12.8 Å². The third-order valence-corrected chi connectivity index (χ3v) is 2.79. The van der Waals surface area contributed by atoms with Crippen molar-refractivity contribution < 1.29 is 9.53 Å². The number of hydrogen-bond acceptors (Lipinski definition) is 2. The second-order valence-electron chi connectivity index (χ2n) is 4.18. The van der Waals surface area contributed by atoms with Crippen LogP contribution >= 0.6 is 0 Å². The van der Waals surface area contributed by atoms with Crippen molar-refractivity contribution in [3.63, 3.8) is 0 Å². The summed E-state index contributed by atoms with van der Waals surface area (Å²) in [5.41, 5.74) is 0.492. The number of rotatable bonds is 2. The molecule has 1 aliphatic rings. The topological polar surface area (TPSA) is 26.3 Å². The summed E-state index contributed by atoms with van der Waals surface area (Å²) in [5.74, 6) is 0.752. The van der Waals surface area contributed by atoms with Crippen LogP contribution in [-0.4, -0.2) is 12.1 Å². The molecule has 0 radical (unpaired) electrons. The summed E-state index contributed by atoms with van der Waals surface area (Å²) >= 11 is 0. The maximum atomic E-state index is 11.3. The number of ether oxygens (including phenoxy) is 1. The molecule has 0 spiro atoms. The van der Waals surface area contributed by atoms with Crippen LogP contribution in [0.1, 0.15) is 33.6 Å². The highest BCUT2D eigenvalue weighted by Crippen LogP contribution is 2.33. The van der Waals surface area contributed by atoms with Gasteiger partial charge < -0.3 is 4.74 Å². The van der Waals surface area contributed by atoms with Crippen molar-refractivity contribution in [2.24, 2.45) is 11.8 Å². The second kappa shape index (κ2) is 3.95. The van der Waals surface area contributed by atoms with Crippen molar-refractivity contribution in [1.82, 2.24) is 0 Å². The number of carbonyl (C=O) groups is 1. The van der Waals surface area contributed by atoms with Crippen LogP contribution in [0.25, 0.3) is 0 Å². The minimum Gasteiger partial charge on any atom is -0.458 e. The van der Waals surface area contributed by atoms with E-state index in [4.69, 9.17) is 4.74 Å². The van der Waals surface area contributed by atoms with Crippen LogP contribution in [0.3, 0.4) is 0 Å². The first-order chi connectivity index (χ1) is 6.02. The lowest BCUT2D eigenvalue weighted by atomic mass is 10.0. The summed E-state index contributed by atoms with van der Waals surface area (Å²) in [6.45, 7) is 9.54. The van der Waals surface area contributed by atoms with Gasteiger partial charge in [-0.1, -0.05) is 20.4 Å². The predicted octanol–water partition coefficient (Wildman–Crippen LogP) is 2.54. The van der Waals surface area contributed by atoms with Gasteiger partial charge in [-0.15, -0.1) is 0 Å². The summed E-state index contributed by atoms with van der Waals surface area (Å²) in [6.07, 6.45) is 2.43. The Bertz CT molecular complexity index is 210. The van der Waals surface area contributed by atoms with E-state index in [9.17, 15) is 4.79 Å². The average Bonchev–Trinajstić information content (AvgIpc) is 2.35. The standard InChI is InChI=1S/C11H18O2/c1-7(2)11(12)13-10-8(3)5-6-9(10)4/h8-10H,1,5-6H2,2-4H3. The monoisotopic (exact) mass is 182 g/mol. The SMILES string of the molecule is C=C(C)C(=O)OC1C(C)CCC1C. The molecule has 0 aromatic carbocycles. The average molecular weight is 182 g/mol.